The molecule has 1 N–H and O–H groups in total. The van der Waals surface area contributed by atoms with Crippen LogP contribution in [0.25, 0.3) is 0 Å². The molecule has 20 heavy (non-hydrogen) atoms. The molecule has 0 fully saturated rings. The highest BCUT2D eigenvalue weighted by Gasteiger charge is 2.04. The number of aryl methyl sites for hydroxylation is 2. The lowest BCUT2D eigenvalue weighted by Crippen LogP contribution is -2.12. The van der Waals surface area contributed by atoms with Gasteiger partial charge in [0.15, 0.2) is 0 Å². The molecule has 0 spiro atoms. The number of aromatic nitrogens is 1. The Bertz CT molecular complexity index is 599. The number of hydrogen-bond acceptors (Lipinski definition) is 3. The van der Waals surface area contributed by atoms with Gasteiger partial charge in [0.25, 0.3) is 0 Å². The summed E-state index contributed by atoms with van der Waals surface area (Å²) in [5.41, 5.74) is 3.29. The van der Waals surface area contributed by atoms with E-state index in [2.05, 4.69) is 39.2 Å². The average Bonchev–Trinajstić information content (AvgIpc) is 2.40. The second-order valence-corrected chi connectivity index (χ2v) is 5.60. The van der Waals surface area contributed by atoms with E-state index in [1.165, 1.54) is 5.56 Å². The third-order valence-corrected chi connectivity index (χ3v) is 3.81. The fourth-order valence-electron chi connectivity index (χ4n) is 1.93. The van der Waals surface area contributed by atoms with Gasteiger partial charge in [0.05, 0.1) is 0 Å². The smallest absolute Gasteiger partial charge is 0.219 e. The molecule has 2 aromatic rings. The summed E-state index contributed by atoms with van der Waals surface area (Å²) in [4.78, 5) is 4.43. The van der Waals surface area contributed by atoms with Crippen molar-refractivity contribution in [3.05, 3.63) is 51.6 Å². The van der Waals surface area contributed by atoms with Gasteiger partial charge in [-0.25, -0.2) is 4.98 Å². The van der Waals surface area contributed by atoms with Crippen LogP contribution in [-0.4, -0.2) is 11.5 Å². The summed E-state index contributed by atoms with van der Waals surface area (Å²) >= 11 is 3.49. The van der Waals surface area contributed by atoms with Gasteiger partial charge in [-0.3, -0.25) is 0 Å². The number of nitrogens with one attached hydrogen (secondary N) is 1. The van der Waals surface area contributed by atoms with Crippen molar-refractivity contribution in [1.82, 2.24) is 10.3 Å². The minimum atomic E-state index is 0.639. The van der Waals surface area contributed by atoms with Gasteiger partial charge in [-0.2, -0.15) is 0 Å². The largest absolute Gasteiger partial charge is 0.439 e. The van der Waals surface area contributed by atoms with Crippen LogP contribution in [0.2, 0.25) is 0 Å². The average molecular weight is 335 g/mol. The highest BCUT2D eigenvalue weighted by atomic mass is 79.9. The van der Waals surface area contributed by atoms with Crippen LogP contribution in [0.5, 0.6) is 11.6 Å². The van der Waals surface area contributed by atoms with Crippen LogP contribution in [0.3, 0.4) is 0 Å². The van der Waals surface area contributed by atoms with E-state index in [9.17, 15) is 0 Å². The summed E-state index contributed by atoms with van der Waals surface area (Å²) in [5.74, 6) is 1.44. The molecule has 106 valence electrons. The van der Waals surface area contributed by atoms with Crippen molar-refractivity contribution in [3.8, 4) is 11.6 Å². The van der Waals surface area contributed by atoms with Gasteiger partial charge in [-0.1, -0.05) is 22.9 Å². The van der Waals surface area contributed by atoms with Crippen molar-refractivity contribution in [2.45, 2.75) is 27.3 Å². The molecule has 0 amide bonds. The molecule has 0 aliphatic carbocycles. The number of halogens is 1. The number of benzene rings is 1. The summed E-state index contributed by atoms with van der Waals surface area (Å²) < 4.78 is 6.93. The normalized spacial score (nSPS) is 10.6. The fraction of sp³-hybridized carbons (Fsp3) is 0.312. The van der Waals surface area contributed by atoms with Crippen LogP contribution < -0.4 is 10.1 Å². The Hall–Kier alpha value is -1.39. The first-order chi connectivity index (χ1) is 9.58. The van der Waals surface area contributed by atoms with Gasteiger partial charge in [-0.05, 0) is 55.8 Å². The zero-order valence-corrected chi connectivity index (χ0v) is 13.6. The lowest BCUT2D eigenvalue weighted by atomic mass is 10.2. The third-order valence-electron chi connectivity index (χ3n) is 2.92. The Labute approximate surface area is 128 Å². The maximum Gasteiger partial charge on any atom is 0.219 e. The first-order valence-electron chi connectivity index (χ1n) is 6.70. The first-order valence-corrected chi connectivity index (χ1v) is 7.50. The molecule has 0 aliphatic heterocycles. The van der Waals surface area contributed by atoms with Crippen molar-refractivity contribution in [2.75, 3.05) is 6.54 Å². The second kappa shape index (κ2) is 6.86. The van der Waals surface area contributed by atoms with Crippen LogP contribution in [0, 0.1) is 13.8 Å². The molecular formula is C16H19BrN2O. The monoisotopic (exact) mass is 334 g/mol. The zero-order chi connectivity index (χ0) is 14.5. The van der Waals surface area contributed by atoms with Gasteiger partial charge in [-0.15, -0.1) is 0 Å². The van der Waals surface area contributed by atoms with Crippen LogP contribution in [0.4, 0.5) is 0 Å². The van der Waals surface area contributed by atoms with E-state index in [0.29, 0.717) is 5.88 Å². The van der Waals surface area contributed by atoms with Crippen LogP contribution in [0.1, 0.15) is 23.7 Å². The molecule has 0 saturated carbocycles. The molecule has 1 heterocycles. The number of hydrogen-bond donors (Lipinski definition) is 1. The molecule has 0 aliphatic rings. The van der Waals surface area contributed by atoms with Gasteiger partial charge < -0.3 is 10.1 Å². The van der Waals surface area contributed by atoms with Crippen molar-refractivity contribution in [1.29, 1.82) is 0 Å². The summed E-state index contributed by atoms with van der Waals surface area (Å²) in [7, 11) is 0. The molecule has 0 radical (unpaired) electrons. The minimum Gasteiger partial charge on any atom is -0.439 e. The van der Waals surface area contributed by atoms with Gasteiger partial charge in [0, 0.05) is 22.8 Å². The highest BCUT2D eigenvalue weighted by Crippen LogP contribution is 2.25. The Morgan fingerprint density at radius 2 is 2.00 bits per heavy atom. The topological polar surface area (TPSA) is 34.2 Å². The lowest BCUT2D eigenvalue weighted by Gasteiger charge is -2.10. The van der Waals surface area contributed by atoms with E-state index >= 15 is 0 Å². The molecule has 1 aromatic carbocycles. The van der Waals surface area contributed by atoms with E-state index in [0.717, 1.165) is 34.6 Å². The molecular weight excluding hydrogens is 316 g/mol. The molecule has 0 saturated heterocycles. The summed E-state index contributed by atoms with van der Waals surface area (Å²) in [6.07, 6.45) is 0. The quantitative estimate of drug-likeness (QED) is 0.881. The van der Waals surface area contributed by atoms with Crippen molar-refractivity contribution in [3.63, 3.8) is 0 Å². The second-order valence-electron chi connectivity index (χ2n) is 4.75. The van der Waals surface area contributed by atoms with Crippen LogP contribution >= 0.6 is 15.9 Å². The van der Waals surface area contributed by atoms with E-state index in [1.807, 2.05) is 38.1 Å². The minimum absolute atomic E-state index is 0.639. The standard InChI is InChI=1S/C16H19BrN2O/c1-4-18-10-13-8-12(3)19-16(9-13)20-14-5-6-15(17)11(2)7-14/h5-9,18H,4,10H2,1-3H3. The summed E-state index contributed by atoms with van der Waals surface area (Å²) in [5, 5.41) is 3.31. The van der Waals surface area contributed by atoms with Gasteiger partial charge in [0.2, 0.25) is 5.88 Å². The van der Waals surface area contributed by atoms with E-state index in [4.69, 9.17) is 4.74 Å². The molecule has 0 atom stereocenters. The van der Waals surface area contributed by atoms with E-state index in [1.54, 1.807) is 0 Å². The predicted octanol–water partition coefficient (Wildman–Crippen LogP) is 4.36. The maximum absolute atomic E-state index is 5.86. The predicted molar refractivity (Wildman–Crippen MR) is 85.3 cm³/mol. The van der Waals surface area contributed by atoms with Crippen LogP contribution in [0.15, 0.2) is 34.8 Å². The van der Waals surface area contributed by atoms with Crippen molar-refractivity contribution in [2.24, 2.45) is 0 Å². The van der Waals surface area contributed by atoms with Gasteiger partial charge in [0.1, 0.15) is 5.75 Å². The van der Waals surface area contributed by atoms with Crippen molar-refractivity contribution >= 4 is 15.9 Å². The van der Waals surface area contributed by atoms with Gasteiger partial charge >= 0.3 is 0 Å². The fourth-order valence-corrected chi connectivity index (χ4v) is 2.18. The number of pyridine rings is 1. The molecule has 2 rings (SSSR count). The summed E-state index contributed by atoms with van der Waals surface area (Å²) in [6, 6.07) is 9.97. The number of ether oxygens (including phenoxy) is 1. The lowest BCUT2D eigenvalue weighted by molar-refractivity contribution is 0.460. The molecule has 4 heteroatoms. The Morgan fingerprint density at radius 1 is 1.20 bits per heavy atom. The third kappa shape index (κ3) is 4.05. The summed E-state index contributed by atoms with van der Waals surface area (Å²) in [6.45, 7) is 7.89. The molecule has 0 bridgehead atoms. The van der Waals surface area contributed by atoms with E-state index in [-0.39, 0.29) is 0 Å². The van der Waals surface area contributed by atoms with Crippen LogP contribution in [-0.2, 0) is 6.54 Å². The van der Waals surface area contributed by atoms with Crippen molar-refractivity contribution < 1.29 is 4.74 Å². The maximum atomic E-state index is 5.86. The number of nitrogens with zero attached hydrogens (tertiary/aromatic N) is 1. The zero-order valence-electron chi connectivity index (χ0n) is 12.0. The Kier molecular flexibility index (Phi) is 5.15. The first kappa shape index (κ1) is 15.0. The molecule has 3 nitrogen and oxygen atoms in total. The SMILES string of the molecule is CCNCc1cc(C)nc(Oc2ccc(Br)c(C)c2)c1. The van der Waals surface area contributed by atoms with E-state index < -0.39 is 0 Å². The highest BCUT2D eigenvalue weighted by molar-refractivity contribution is 9.10. The Balaban J connectivity index is 2.19. The Morgan fingerprint density at radius 3 is 2.70 bits per heavy atom. The number of rotatable bonds is 5. The molecule has 1 aromatic heterocycles. The molecule has 0 unspecified atom stereocenters.